The Kier molecular flexibility index (Phi) is 5.08. The fourth-order valence-electron chi connectivity index (χ4n) is 2.72. The molecule has 1 heterocycles. The zero-order valence-corrected chi connectivity index (χ0v) is 15.3. The van der Waals surface area contributed by atoms with Crippen molar-refractivity contribution in [2.75, 3.05) is 0 Å². The fraction of sp³-hybridized carbons (Fsp3) is 0. The van der Waals surface area contributed by atoms with Crippen LogP contribution in [0.4, 0.5) is 0 Å². The Hall–Kier alpha value is -3.24. The predicted octanol–water partition coefficient (Wildman–Crippen LogP) is 5.59. The van der Waals surface area contributed by atoms with Crippen molar-refractivity contribution in [3.63, 3.8) is 0 Å². The van der Waals surface area contributed by atoms with Crippen LogP contribution in [0.2, 0.25) is 0 Å². The summed E-state index contributed by atoms with van der Waals surface area (Å²) in [7, 11) is -0.224. The average molecular weight is 373 g/mol. The largest absolute Gasteiger partial charge is 0.457 e. The van der Waals surface area contributed by atoms with Gasteiger partial charge in [-0.05, 0) is 60.7 Å². The molecule has 0 radical (unpaired) electrons. The minimum absolute atomic E-state index is 0.187. The third-order valence-corrected chi connectivity index (χ3v) is 6.18. The van der Waals surface area contributed by atoms with Gasteiger partial charge in [0.2, 0.25) is 5.76 Å². The molecular formula is C23H17O3S+. The van der Waals surface area contributed by atoms with E-state index in [0.717, 1.165) is 4.90 Å². The molecule has 0 aliphatic heterocycles. The maximum absolute atomic E-state index is 12.0. The second kappa shape index (κ2) is 7.98. The third kappa shape index (κ3) is 3.96. The lowest BCUT2D eigenvalue weighted by atomic mass is 10.3. The molecule has 0 unspecified atom stereocenters. The molecule has 4 aromatic rings. The van der Waals surface area contributed by atoms with Crippen LogP contribution in [0, 0.1) is 0 Å². The van der Waals surface area contributed by atoms with Crippen LogP contribution >= 0.6 is 0 Å². The summed E-state index contributed by atoms with van der Waals surface area (Å²) in [6.07, 6.45) is 1.45. The number of esters is 1. The first-order valence-corrected chi connectivity index (χ1v) is 9.74. The second-order valence-corrected chi connectivity index (χ2v) is 7.80. The smallest absolute Gasteiger partial charge is 0.379 e. The molecule has 0 fully saturated rings. The summed E-state index contributed by atoms with van der Waals surface area (Å²) in [6.45, 7) is 0. The minimum Gasteiger partial charge on any atom is -0.457 e. The van der Waals surface area contributed by atoms with Gasteiger partial charge in [0.05, 0.1) is 17.2 Å². The average Bonchev–Trinajstić information content (AvgIpc) is 3.26. The summed E-state index contributed by atoms with van der Waals surface area (Å²) in [5.74, 6) is 0.176. The van der Waals surface area contributed by atoms with Crippen molar-refractivity contribution in [3.05, 3.63) is 109 Å². The van der Waals surface area contributed by atoms with E-state index in [9.17, 15) is 4.79 Å². The van der Waals surface area contributed by atoms with Crippen molar-refractivity contribution in [1.29, 1.82) is 0 Å². The first kappa shape index (κ1) is 17.2. The van der Waals surface area contributed by atoms with E-state index >= 15 is 0 Å². The molecule has 27 heavy (non-hydrogen) atoms. The molecule has 0 bridgehead atoms. The molecule has 4 heteroatoms. The SMILES string of the molecule is O=C(Oc1ccc([S+](c2ccccc2)c2ccccc2)cc1)c1ccco1. The molecule has 3 nitrogen and oxygen atoms in total. The van der Waals surface area contributed by atoms with E-state index in [1.807, 2.05) is 36.4 Å². The predicted molar refractivity (Wildman–Crippen MR) is 105 cm³/mol. The van der Waals surface area contributed by atoms with Crippen LogP contribution in [0.25, 0.3) is 0 Å². The molecule has 0 saturated heterocycles. The maximum atomic E-state index is 12.0. The van der Waals surface area contributed by atoms with Crippen LogP contribution in [-0.2, 0) is 10.9 Å². The zero-order chi connectivity index (χ0) is 18.5. The molecule has 0 saturated carbocycles. The van der Waals surface area contributed by atoms with E-state index in [1.54, 1.807) is 12.1 Å². The molecule has 0 aliphatic rings. The molecule has 4 rings (SSSR count). The Morgan fingerprint density at radius 3 is 1.74 bits per heavy atom. The molecule has 1 aromatic heterocycles. The van der Waals surface area contributed by atoms with Crippen LogP contribution in [-0.4, -0.2) is 5.97 Å². The van der Waals surface area contributed by atoms with Crippen molar-refractivity contribution in [2.45, 2.75) is 14.7 Å². The van der Waals surface area contributed by atoms with Gasteiger partial charge in [-0.3, -0.25) is 0 Å². The molecule has 0 amide bonds. The number of hydrogen-bond donors (Lipinski definition) is 0. The number of carbonyl (C=O) groups is 1. The minimum atomic E-state index is -0.502. The maximum Gasteiger partial charge on any atom is 0.379 e. The quantitative estimate of drug-likeness (QED) is 0.260. The standard InChI is InChI=1S/C23H17O3S/c24-23(22-12-7-17-25-22)26-18-13-15-21(16-14-18)27(19-8-3-1-4-9-19)20-10-5-2-6-11-20/h1-17H/q+1. The van der Waals surface area contributed by atoms with Gasteiger partial charge >= 0.3 is 5.97 Å². The van der Waals surface area contributed by atoms with Crippen molar-refractivity contribution in [1.82, 2.24) is 0 Å². The van der Waals surface area contributed by atoms with Gasteiger partial charge in [0.1, 0.15) is 5.75 Å². The molecule has 3 aromatic carbocycles. The van der Waals surface area contributed by atoms with Gasteiger partial charge in [-0.15, -0.1) is 0 Å². The fourth-order valence-corrected chi connectivity index (χ4v) is 4.80. The van der Waals surface area contributed by atoms with Crippen LogP contribution in [0.15, 0.2) is 122 Å². The summed E-state index contributed by atoms with van der Waals surface area (Å²) in [6, 6.07) is 31.7. The van der Waals surface area contributed by atoms with E-state index in [0.29, 0.717) is 5.75 Å². The van der Waals surface area contributed by atoms with E-state index in [1.165, 1.54) is 16.1 Å². The van der Waals surface area contributed by atoms with Crippen LogP contribution < -0.4 is 4.74 Å². The number of furan rings is 1. The molecule has 0 atom stereocenters. The highest BCUT2D eigenvalue weighted by Crippen LogP contribution is 2.32. The normalized spacial score (nSPS) is 10.7. The van der Waals surface area contributed by atoms with Crippen molar-refractivity contribution < 1.29 is 13.9 Å². The summed E-state index contributed by atoms with van der Waals surface area (Å²) in [5.41, 5.74) is 0. The van der Waals surface area contributed by atoms with Crippen LogP contribution in [0.5, 0.6) is 5.75 Å². The topological polar surface area (TPSA) is 39.4 Å². The first-order valence-electron chi connectivity index (χ1n) is 8.51. The Bertz CT molecular complexity index is 955. The Labute approximate surface area is 160 Å². The second-order valence-electron chi connectivity index (χ2n) is 5.77. The lowest BCUT2D eigenvalue weighted by molar-refractivity contribution is 0.0701. The van der Waals surface area contributed by atoms with E-state index in [-0.39, 0.29) is 16.7 Å². The van der Waals surface area contributed by atoms with Gasteiger partial charge in [0.15, 0.2) is 14.7 Å². The highest BCUT2D eigenvalue weighted by atomic mass is 32.2. The number of rotatable bonds is 5. The first-order chi connectivity index (χ1) is 13.3. The summed E-state index contributed by atoms with van der Waals surface area (Å²) in [5, 5.41) is 0. The molecule has 0 aliphatic carbocycles. The van der Waals surface area contributed by atoms with E-state index in [4.69, 9.17) is 9.15 Å². The lowest BCUT2D eigenvalue weighted by Gasteiger charge is -2.08. The number of benzene rings is 3. The van der Waals surface area contributed by atoms with Crippen molar-refractivity contribution in [2.24, 2.45) is 0 Å². The summed E-state index contributed by atoms with van der Waals surface area (Å²) in [4.78, 5) is 15.7. The molecule has 0 N–H and O–H groups in total. The Morgan fingerprint density at radius 2 is 1.22 bits per heavy atom. The third-order valence-electron chi connectivity index (χ3n) is 3.95. The van der Waals surface area contributed by atoms with Gasteiger partial charge < -0.3 is 9.15 Å². The zero-order valence-electron chi connectivity index (χ0n) is 14.4. The van der Waals surface area contributed by atoms with E-state index < -0.39 is 5.97 Å². The van der Waals surface area contributed by atoms with Gasteiger partial charge in [-0.1, -0.05) is 36.4 Å². The van der Waals surface area contributed by atoms with Gasteiger partial charge in [-0.25, -0.2) is 4.79 Å². The Balaban J connectivity index is 1.62. The van der Waals surface area contributed by atoms with Crippen molar-refractivity contribution >= 4 is 16.9 Å². The van der Waals surface area contributed by atoms with Crippen molar-refractivity contribution in [3.8, 4) is 5.75 Å². The van der Waals surface area contributed by atoms with Crippen LogP contribution in [0.1, 0.15) is 10.6 Å². The van der Waals surface area contributed by atoms with Gasteiger partial charge in [0, 0.05) is 0 Å². The monoisotopic (exact) mass is 373 g/mol. The number of ether oxygens (including phenoxy) is 1. The Morgan fingerprint density at radius 1 is 0.667 bits per heavy atom. The molecule has 0 spiro atoms. The molecule has 132 valence electrons. The summed E-state index contributed by atoms with van der Waals surface area (Å²) < 4.78 is 10.4. The number of carbonyl (C=O) groups excluding carboxylic acids is 1. The lowest BCUT2D eigenvalue weighted by Crippen LogP contribution is -2.08. The number of hydrogen-bond acceptors (Lipinski definition) is 3. The summed E-state index contributed by atoms with van der Waals surface area (Å²) >= 11 is 0. The van der Waals surface area contributed by atoms with Gasteiger partial charge in [0.25, 0.3) is 0 Å². The van der Waals surface area contributed by atoms with Gasteiger partial charge in [-0.2, -0.15) is 0 Å². The highest BCUT2D eigenvalue weighted by molar-refractivity contribution is 7.97. The van der Waals surface area contributed by atoms with Crippen LogP contribution in [0.3, 0.4) is 0 Å². The highest BCUT2D eigenvalue weighted by Gasteiger charge is 2.28. The van der Waals surface area contributed by atoms with E-state index in [2.05, 4.69) is 48.5 Å². The molecular weight excluding hydrogens is 356 g/mol.